The SMILES string of the molecule is CC[C@@H](C(=O)OC1CCCCC1)N(OC[C@H]1O[C@@H](n2ccc(=O)[nH]c2=O)[C@](C)(F)[C@@H]1O)[PH](=O)Oc1ccccc1. The third-order valence-electron chi connectivity index (χ3n) is 7.10. The van der Waals surface area contributed by atoms with Gasteiger partial charge in [0.25, 0.3) is 5.56 Å². The minimum atomic E-state index is -3.25. The summed E-state index contributed by atoms with van der Waals surface area (Å²) in [6, 6.07) is 8.22. The van der Waals surface area contributed by atoms with E-state index in [0.29, 0.717) is 0 Å². The summed E-state index contributed by atoms with van der Waals surface area (Å²) in [6.07, 6.45) is 0.706. The number of benzene rings is 1. The second-order valence-corrected chi connectivity index (χ2v) is 11.2. The maximum absolute atomic E-state index is 15.6. The highest BCUT2D eigenvalue weighted by Gasteiger charge is 2.55. The molecule has 220 valence electrons. The first-order valence-corrected chi connectivity index (χ1v) is 14.6. The average Bonchev–Trinajstić information content (AvgIpc) is 3.15. The van der Waals surface area contributed by atoms with Gasteiger partial charge >= 0.3 is 19.8 Å². The number of nitrogens with zero attached hydrogens (tertiary/aromatic N) is 2. The van der Waals surface area contributed by atoms with E-state index in [1.807, 2.05) is 4.98 Å². The molecule has 12 nitrogen and oxygen atoms in total. The van der Waals surface area contributed by atoms with Crippen molar-refractivity contribution >= 4 is 14.1 Å². The number of carbonyl (C=O) groups is 1. The topological polar surface area (TPSA) is 149 Å². The van der Waals surface area contributed by atoms with Crippen molar-refractivity contribution in [3.63, 3.8) is 0 Å². The Labute approximate surface area is 230 Å². The van der Waals surface area contributed by atoms with Gasteiger partial charge in [-0.25, -0.2) is 9.18 Å². The van der Waals surface area contributed by atoms with Gasteiger partial charge in [0, 0.05) is 12.3 Å². The molecule has 0 radical (unpaired) electrons. The first kappa shape index (κ1) is 30.1. The fourth-order valence-corrected chi connectivity index (χ4v) is 6.02. The molecule has 2 aliphatic rings. The summed E-state index contributed by atoms with van der Waals surface area (Å²) in [5.74, 6) is -0.355. The third-order valence-corrected chi connectivity index (χ3v) is 8.31. The van der Waals surface area contributed by atoms with Crippen LogP contribution in [-0.4, -0.2) is 62.1 Å². The molecule has 1 aliphatic heterocycles. The number of aliphatic hydroxyl groups excluding tert-OH is 1. The first-order valence-electron chi connectivity index (χ1n) is 13.3. The number of hydroxylamine groups is 1. The molecule has 6 atom stereocenters. The minimum Gasteiger partial charge on any atom is -0.461 e. The molecule has 0 bridgehead atoms. The number of nitrogens with one attached hydrogen (secondary N) is 1. The van der Waals surface area contributed by atoms with Crippen LogP contribution in [0.15, 0.2) is 52.2 Å². The van der Waals surface area contributed by atoms with Gasteiger partial charge in [-0.1, -0.05) is 36.4 Å². The van der Waals surface area contributed by atoms with Crippen LogP contribution >= 0.6 is 8.18 Å². The van der Waals surface area contributed by atoms with Gasteiger partial charge in [-0.2, -0.15) is 0 Å². The van der Waals surface area contributed by atoms with E-state index in [4.69, 9.17) is 18.8 Å². The van der Waals surface area contributed by atoms with Crippen LogP contribution in [0.25, 0.3) is 0 Å². The lowest BCUT2D eigenvalue weighted by molar-refractivity contribution is -0.187. The molecule has 2 heterocycles. The Kier molecular flexibility index (Phi) is 9.96. The second kappa shape index (κ2) is 13.2. The van der Waals surface area contributed by atoms with Crippen molar-refractivity contribution in [1.29, 1.82) is 0 Å². The van der Waals surface area contributed by atoms with E-state index in [0.717, 1.165) is 60.7 Å². The van der Waals surface area contributed by atoms with Gasteiger partial charge in [0.05, 0.1) is 6.61 Å². The van der Waals surface area contributed by atoms with E-state index in [2.05, 4.69) is 0 Å². The summed E-state index contributed by atoms with van der Waals surface area (Å²) in [6.45, 7) is 2.21. The summed E-state index contributed by atoms with van der Waals surface area (Å²) < 4.78 is 46.8. The Morgan fingerprint density at radius 1 is 1.25 bits per heavy atom. The van der Waals surface area contributed by atoms with Crippen LogP contribution in [0.1, 0.15) is 58.6 Å². The smallest absolute Gasteiger partial charge is 0.331 e. The second-order valence-electron chi connectivity index (χ2n) is 10.1. The fraction of sp³-hybridized carbons (Fsp3) is 0.577. The molecule has 1 saturated carbocycles. The molecular formula is C26H35FN3O9P. The van der Waals surface area contributed by atoms with Crippen LogP contribution in [-0.2, 0) is 23.7 Å². The van der Waals surface area contributed by atoms with Crippen LogP contribution in [0, 0.1) is 0 Å². The number of alkyl halides is 1. The predicted molar refractivity (Wildman–Crippen MR) is 142 cm³/mol. The summed E-state index contributed by atoms with van der Waals surface area (Å²) >= 11 is 0. The Morgan fingerprint density at radius 3 is 2.60 bits per heavy atom. The molecular weight excluding hydrogens is 548 g/mol. The Bertz CT molecular complexity index is 1280. The van der Waals surface area contributed by atoms with Crippen molar-refractivity contribution in [2.24, 2.45) is 0 Å². The van der Waals surface area contributed by atoms with Crippen LogP contribution in [0.2, 0.25) is 0 Å². The number of ether oxygens (including phenoxy) is 2. The van der Waals surface area contributed by atoms with Crippen LogP contribution in [0.3, 0.4) is 0 Å². The number of hydrogen-bond donors (Lipinski definition) is 2. The van der Waals surface area contributed by atoms with Crippen LogP contribution in [0.4, 0.5) is 4.39 Å². The lowest BCUT2D eigenvalue weighted by atomic mass is 9.98. The number of aliphatic hydroxyl groups is 1. The van der Waals surface area contributed by atoms with E-state index in [9.17, 15) is 24.1 Å². The molecule has 1 unspecified atom stereocenters. The number of halogens is 1. The van der Waals surface area contributed by atoms with Crippen molar-refractivity contribution in [1.82, 2.24) is 14.4 Å². The molecule has 1 aliphatic carbocycles. The summed E-state index contributed by atoms with van der Waals surface area (Å²) in [4.78, 5) is 45.6. The monoisotopic (exact) mass is 583 g/mol. The minimum absolute atomic E-state index is 0.157. The first-order chi connectivity index (χ1) is 19.1. The molecule has 2 N–H and O–H groups in total. The maximum Gasteiger partial charge on any atom is 0.331 e. The van der Waals surface area contributed by atoms with Crippen LogP contribution < -0.4 is 15.8 Å². The number of rotatable bonds is 11. The average molecular weight is 584 g/mol. The van der Waals surface area contributed by atoms with Crippen molar-refractivity contribution in [3.05, 3.63) is 63.4 Å². The normalized spacial score (nSPS) is 26.9. The zero-order valence-corrected chi connectivity index (χ0v) is 23.4. The van der Waals surface area contributed by atoms with E-state index in [1.165, 1.54) is 0 Å². The zero-order valence-electron chi connectivity index (χ0n) is 22.4. The Morgan fingerprint density at radius 2 is 1.95 bits per heavy atom. The van der Waals surface area contributed by atoms with Crippen molar-refractivity contribution in [2.45, 2.75) is 88.6 Å². The Hall–Kier alpha value is -2.83. The molecule has 0 spiro atoms. The van der Waals surface area contributed by atoms with E-state index in [1.54, 1.807) is 37.3 Å². The molecule has 1 saturated heterocycles. The number of carbonyl (C=O) groups excluding carboxylic acids is 1. The van der Waals surface area contributed by atoms with Gasteiger partial charge in [0.15, 0.2) is 11.9 Å². The summed E-state index contributed by atoms with van der Waals surface area (Å²) in [5, 5.41) is 10.7. The van der Waals surface area contributed by atoms with E-state index in [-0.39, 0.29) is 18.3 Å². The molecule has 4 rings (SSSR count). The van der Waals surface area contributed by atoms with Crippen LogP contribution in [0.5, 0.6) is 5.75 Å². The molecule has 14 heteroatoms. The molecule has 1 aromatic carbocycles. The standard InChI is InChI=1S/C26H35FN3O9P/c1-3-19(23(33)37-17-10-6-4-7-11-17)30(40(35)39-18-12-8-5-9-13-18)36-16-20-22(32)26(2,27)24(38-20)29-15-14-21(31)28-25(29)34/h5,8-9,12-15,17,19-20,22,24,32,40H,3-4,6-7,10-11,16H2,1-2H3,(H,28,31,34)/t19-,20+,22+,24+,26+/m0/s1. The number of H-pyrrole nitrogens is 1. The van der Waals surface area contributed by atoms with Gasteiger partial charge in [0.1, 0.15) is 30.1 Å². The Balaban J connectivity index is 1.53. The van der Waals surface area contributed by atoms with Gasteiger partial charge in [-0.3, -0.25) is 28.5 Å². The highest BCUT2D eigenvalue weighted by atomic mass is 31.1. The number of aromatic amines is 1. The largest absolute Gasteiger partial charge is 0.461 e. The highest BCUT2D eigenvalue weighted by Crippen LogP contribution is 2.42. The molecule has 40 heavy (non-hydrogen) atoms. The van der Waals surface area contributed by atoms with E-state index < -0.39 is 62.2 Å². The summed E-state index contributed by atoms with van der Waals surface area (Å²) in [5.41, 5.74) is -4.06. The number of para-hydroxylation sites is 1. The maximum atomic E-state index is 15.6. The fourth-order valence-electron chi connectivity index (χ4n) is 4.87. The van der Waals surface area contributed by atoms with Gasteiger partial charge in [0.2, 0.25) is 0 Å². The van der Waals surface area contributed by atoms with Crippen molar-refractivity contribution in [3.8, 4) is 5.75 Å². The number of esters is 1. The molecule has 1 aromatic heterocycles. The predicted octanol–water partition coefficient (Wildman–Crippen LogP) is 2.88. The quantitative estimate of drug-likeness (QED) is 0.230. The number of aromatic nitrogens is 2. The molecule has 2 fully saturated rings. The van der Waals surface area contributed by atoms with Gasteiger partial charge < -0.3 is 19.1 Å². The zero-order chi connectivity index (χ0) is 28.9. The summed E-state index contributed by atoms with van der Waals surface area (Å²) in [7, 11) is -3.25. The van der Waals surface area contributed by atoms with Crippen molar-refractivity contribution in [2.75, 3.05) is 6.61 Å². The van der Waals surface area contributed by atoms with Crippen molar-refractivity contribution < 1.29 is 37.7 Å². The lowest BCUT2D eigenvalue weighted by Crippen LogP contribution is -2.45. The van der Waals surface area contributed by atoms with Gasteiger partial charge in [-0.15, -0.1) is 0 Å². The highest BCUT2D eigenvalue weighted by molar-refractivity contribution is 7.36. The lowest BCUT2D eigenvalue weighted by Gasteiger charge is -2.30. The van der Waals surface area contributed by atoms with E-state index >= 15 is 4.39 Å². The third kappa shape index (κ3) is 6.90. The molecule has 0 amide bonds. The number of hydrogen-bond acceptors (Lipinski definition) is 9. The molecule has 2 aromatic rings. The van der Waals surface area contributed by atoms with Gasteiger partial charge in [-0.05, 0) is 51.2 Å².